The molecule has 1 aromatic carbocycles. The molecule has 0 aliphatic heterocycles. The maximum absolute atomic E-state index is 11.8. The number of aryl methyl sites for hydroxylation is 2. The van der Waals surface area contributed by atoms with Gasteiger partial charge in [0.15, 0.2) is 0 Å². The average Bonchev–Trinajstić information content (AvgIpc) is 2.32. The highest BCUT2D eigenvalue weighted by molar-refractivity contribution is 5.78. The molecule has 0 fully saturated rings. The van der Waals surface area contributed by atoms with E-state index in [2.05, 4.69) is 43.3 Å². The van der Waals surface area contributed by atoms with Crippen LogP contribution in [0.15, 0.2) is 18.2 Å². The molecule has 96 valence electrons. The van der Waals surface area contributed by atoms with Gasteiger partial charge in [0, 0.05) is 13.6 Å². The largest absolute Gasteiger partial charge is 0.340 e. The molecule has 3 nitrogen and oxygen atoms in total. The molecule has 1 aromatic rings. The SMILES string of the molecule is C#CCNCC(=O)N(C)Cc1ccc(C)cc1C. The minimum absolute atomic E-state index is 0.0465. The molecule has 1 N–H and O–H groups in total. The van der Waals surface area contributed by atoms with E-state index in [-0.39, 0.29) is 12.5 Å². The van der Waals surface area contributed by atoms with Gasteiger partial charge in [0.25, 0.3) is 0 Å². The van der Waals surface area contributed by atoms with Gasteiger partial charge in [-0.05, 0) is 25.0 Å². The van der Waals surface area contributed by atoms with E-state index in [1.165, 1.54) is 16.7 Å². The highest BCUT2D eigenvalue weighted by Crippen LogP contribution is 2.12. The number of hydrogen-bond donors (Lipinski definition) is 1. The summed E-state index contributed by atoms with van der Waals surface area (Å²) in [5.41, 5.74) is 3.63. The maximum Gasteiger partial charge on any atom is 0.236 e. The van der Waals surface area contributed by atoms with E-state index in [1.54, 1.807) is 11.9 Å². The number of terminal acetylenes is 1. The molecule has 0 bridgehead atoms. The molecule has 0 saturated carbocycles. The molecule has 0 saturated heterocycles. The van der Waals surface area contributed by atoms with Gasteiger partial charge in [-0.2, -0.15) is 0 Å². The van der Waals surface area contributed by atoms with E-state index >= 15 is 0 Å². The summed E-state index contributed by atoms with van der Waals surface area (Å²) in [7, 11) is 1.80. The van der Waals surface area contributed by atoms with Crippen LogP contribution in [-0.2, 0) is 11.3 Å². The Labute approximate surface area is 109 Å². The Balaban J connectivity index is 2.56. The highest BCUT2D eigenvalue weighted by atomic mass is 16.2. The van der Waals surface area contributed by atoms with Crippen LogP contribution in [0.5, 0.6) is 0 Å². The van der Waals surface area contributed by atoms with Crippen LogP contribution in [0.3, 0.4) is 0 Å². The number of carbonyl (C=O) groups excluding carboxylic acids is 1. The van der Waals surface area contributed by atoms with E-state index in [1.807, 2.05) is 0 Å². The monoisotopic (exact) mass is 244 g/mol. The lowest BCUT2D eigenvalue weighted by Crippen LogP contribution is -2.35. The lowest BCUT2D eigenvalue weighted by Gasteiger charge is -2.18. The fourth-order valence-electron chi connectivity index (χ4n) is 1.74. The summed E-state index contributed by atoms with van der Waals surface area (Å²) in [6, 6.07) is 6.27. The van der Waals surface area contributed by atoms with Crippen LogP contribution < -0.4 is 5.32 Å². The van der Waals surface area contributed by atoms with Crippen molar-refractivity contribution < 1.29 is 4.79 Å². The Hall–Kier alpha value is -1.79. The van der Waals surface area contributed by atoms with Gasteiger partial charge in [-0.15, -0.1) is 6.42 Å². The number of amides is 1. The van der Waals surface area contributed by atoms with Crippen molar-refractivity contribution in [1.29, 1.82) is 0 Å². The summed E-state index contributed by atoms with van der Waals surface area (Å²) in [5, 5.41) is 2.90. The first-order valence-corrected chi connectivity index (χ1v) is 5.99. The first-order valence-electron chi connectivity index (χ1n) is 5.99. The molecule has 0 unspecified atom stereocenters. The number of nitrogens with one attached hydrogen (secondary N) is 1. The van der Waals surface area contributed by atoms with Gasteiger partial charge < -0.3 is 4.90 Å². The normalized spacial score (nSPS) is 9.89. The van der Waals surface area contributed by atoms with Crippen LogP contribution in [0.25, 0.3) is 0 Å². The second kappa shape index (κ2) is 6.83. The molecule has 0 aromatic heterocycles. The van der Waals surface area contributed by atoms with Crippen LogP contribution >= 0.6 is 0 Å². The minimum Gasteiger partial charge on any atom is -0.340 e. The molecule has 0 aliphatic carbocycles. The van der Waals surface area contributed by atoms with Gasteiger partial charge in [-0.3, -0.25) is 10.1 Å². The predicted octanol–water partition coefficient (Wildman–Crippen LogP) is 1.48. The van der Waals surface area contributed by atoms with Gasteiger partial charge in [0.2, 0.25) is 5.91 Å². The standard InChI is InChI=1S/C15H20N2O/c1-5-8-16-10-15(18)17(4)11-14-7-6-12(2)9-13(14)3/h1,6-7,9,16H,8,10-11H2,2-4H3. The Bertz CT molecular complexity index is 460. The van der Waals surface area contributed by atoms with Crippen molar-refractivity contribution in [1.82, 2.24) is 10.2 Å². The van der Waals surface area contributed by atoms with Crippen LogP contribution in [0.4, 0.5) is 0 Å². The molecule has 0 heterocycles. The number of benzene rings is 1. The maximum atomic E-state index is 11.8. The lowest BCUT2D eigenvalue weighted by atomic mass is 10.1. The summed E-state index contributed by atoms with van der Waals surface area (Å²) < 4.78 is 0. The summed E-state index contributed by atoms with van der Waals surface area (Å²) in [6.45, 7) is 5.46. The summed E-state index contributed by atoms with van der Waals surface area (Å²) in [4.78, 5) is 13.5. The Morgan fingerprint density at radius 2 is 2.17 bits per heavy atom. The van der Waals surface area contributed by atoms with Gasteiger partial charge in [0.1, 0.15) is 0 Å². The Kier molecular flexibility index (Phi) is 5.41. The van der Waals surface area contributed by atoms with Crippen molar-refractivity contribution in [2.75, 3.05) is 20.1 Å². The van der Waals surface area contributed by atoms with Crippen LogP contribution in [0, 0.1) is 26.2 Å². The quantitative estimate of drug-likeness (QED) is 0.628. The van der Waals surface area contributed by atoms with Crippen molar-refractivity contribution in [2.45, 2.75) is 20.4 Å². The predicted molar refractivity (Wildman–Crippen MR) is 74.1 cm³/mol. The van der Waals surface area contributed by atoms with E-state index in [4.69, 9.17) is 6.42 Å². The minimum atomic E-state index is 0.0465. The van der Waals surface area contributed by atoms with E-state index < -0.39 is 0 Å². The zero-order chi connectivity index (χ0) is 13.5. The van der Waals surface area contributed by atoms with Crippen molar-refractivity contribution in [3.8, 4) is 12.3 Å². The third kappa shape index (κ3) is 4.23. The van der Waals surface area contributed by atoms with Crippen molar-refractivity contribution >= 4 is 5.91 Å². The van der Waals surface area contributed by atoms with Crippen LogP contribution in [0.2, 0.25) is 0 Å². The summed E-state index contributed by atoms with van der Waals surface area (Å²) in [5.74, 6) is 2.49. The number of rotatable bonds is 5. The molecular weight excluding hydrogens is 224 g/mol. The third-order valence-corrected chi connectivity index (χ3v) is 2.83. The number of carbonyl (C=O) groups is 1. The van der Waals surface area contributed by atoms with Crippen LogP contribution in [0.1, 0.15) is 16.7 Å². The number of hydrogen-bond acceptors (Lipinski definition) is 2. The smallest absolute Gasteiger partial charge is 0.236 e. The third-order valence-electron chi connectivity index (χ3n) is 2.83. The average molecular weight is 244 g/mol. The van der Waals surface area contributed by atoms with E-state index in [0.717, 1.165) is 0 Å². The Morgan fingerprint density at radius 3 is 2.78 bits per heavy atom. The van der Waals surface area contributed by atoms with Crippen molar-refractivity contribution in [3.63, 3.8) is 0 Å². The molecule has 18 heavy (non-hydrogen) atoms. The molecule has 0 aliphatic rings. The topological polar surface area (TPSA) is 32.3 Å². The summed E-state index contributed by atoms with van der Waals surface area (Å²) in [6.07, 6.45) is 5.11. The molecule has 1 amide bonds. The van der Waals surface area contributed by atoms with Gasteiger partial charge in [-0.1, -0.05) is 29.7 Å². The van der Waals surface area contributed by atoms with Crippen LogP contribution in [-0.4, -0.2) is 30.9 Å². The molecule has 0 radical (unpaired) electrons. The Morgan fingerprint density at radius 1 is 1.44 bits per heavy atom. The fraction of sp³-hybridized carbons (Fsp3) is 0.400. The van der Waals surface area contributed by atoms with Crippen molar-refractivity contribution in [2.24, 2.45) is 0 Å². The van der Waals surface area contributed by atoms with E-state index in [0.29, 0.717) is 13.1 Å². The first kappa shape index (κ1) is 14.3. The zero-order valence-corrected chi connectivity index (χ0v) is 11.3. The molecule has 1 rings (SSSR count). The molecule has 3 heteroatoms. The van der Waals surface area contributed by atoms with Gasteiger partial charge in [0.05, 0.1) is 13.1 Å². The molecular formula is C15H20N2O. The van der Waals surface area contributed by atoms with E-state index in [9.17, 15) is 4.79 Å². The molecule has 0 spiro atoms. The highest BCUT2D eigenvalue weighted by Gasteiger charge is 2.09. The number of nitrogens with zero attached hydrogens (tertiary/aromatic N) is 1. The fourth-order valence-corrected chi connectivity index (χ4v) is 1.74. The zero-order valence-electron chi connectivity index (χ0n) is 11.3. The van der Waals surface area contributed by atoms with Gasteiger partial charge >= 0.3 is 0 Å². The van der Waals surface area contributed by atoms with Gasteiger partial charge in [-0.25, -0.2) is 0 Å². The lowest BCUT2D eigenvalue weighted by molar-refractivity contribution is -0.129. The molecule has 0 atom stereocenters. The van der Waals surface area contributed by atoms with Crippen molar-refractivity contribution in [3.05, 3.63) is 34.9 Å². The number of likely N-dealkylation sites (N-methyl/N-ethyl adjacent to an activating group) is 1. The summed E-state index contributed by atoms with van der Waals surface area (Å²) >= 11 is 0. The second-order valence-corrected chi connectivity index (χ2v) is 4.49. The second-order valence-electron chi connectivity index (χ2n) is 4.49. The first-order chi connectivity index (χ1) is 8.54.